The summed E-state index contributed by atoms with van der Waals surface area (Å²) in [6, 6.07) is 8.77. The first-order valence-corrected chi connectivity index (χ1v) is 9.60. The SMILES string of the molecule is CC(=O)NCC1=Cc2c(c(-c3ccccc3)cn2S(C)(=O)=O)C(=O)C1=O. The number of nitrogens with zero attached hydrogens (tertiary/aromatic N) is 1. The molecular weight excluding hydrogens is 356 g/mol. The third-order valence-corrected chi connectivity index (χ3v) is 5.03. The molecule has 0 unspecified atom stereocenters. The van der Waals surface area contributed by atoms with E-state index in [1.807, 2.05) is 0 Å². The van der Waals surface area contributed by atoms with Crippen molar-refractivity contribution in [2.24, 2.45) is 0 Å². The second kappa shape index (κ2) is 6.38. The van der Waals surface area contributed by atoms with Crippen LogP contribution in [0, 0.1) is 0 Å². The van der Waals surface area contributed by atoms with Crippen molar-refractivity contribution in [2.75, 3.05) is 12.8 Å². The van der Waals surface area contributed by atoms with Gasteiger partial charge in [0.25, 0.3) is 0 Å². The molecule has 0 atom stereocenters. The van der Waals surface area contributed by atoms with Gasteiger partial charge in [0.05, 0.1) is 17.5 Å². The Balaban J connectivity index is 2.26. The molecular formula is C18H16N2O5S. The van der Waals surface area contributed by atoms with Crippen LogP contribution in [0.1, 0.15) is 23.0 Å². The van der Waals surface area contributed by atoms with Gasteiger partial charge < -0.3 is 5.32 Å². The van der Waals surface area contributed by atoms with E-state index in [1.54, 1.807) is 30.3 Å². The van der Waals surface area contributed by atoms with Crippen LogP contribution >= 0.6 is 0 Å². The fraction of sp³-hybridized carbons (Fsp3) is 0.167. The Morgan fingerprint density at radius 1 is 1.12 bits per heavy atom. The number of hydrogen-bond acceptors (Lipinski definition) is 5. The lowest BCUT2D eigenvalue weighted by Crippen LogP contribution is -2.31. The maximum atomic E-state index is 12.7. The Morgan fingerprint density at radius 2 is 1.77 bits per heavy atom. The second-order valence-electron chi connectivity index (χ2n) is 5.97. The molecule has 8 heteroatoms. The normalized spacial score (nSPS) is 14.0. The molecule has 1 aliphatic rings. The van der Waals surface area contributed by atoms with Crippen LogP contribution in [0.15, 0.2) is 42.1 Å². The topological polar surface area (TPSA) is 102 Å². The van der Waals surface area contributed by atoms with Crippen LogP contribution in [0.3, 0.4) is 0 Å². The van der Waals surface area contributed by atoms with E-state index in [-0.39, 0.29) is 29.3 Å². The fourth-order valence-corrected chi connectivity index (χ4v) is 3.62. The van der Waals surface area contributed by atoms with Gasteiger partial charge in [-0.25, -0.2) is 12.4 Å². The number of amides is 1. The number of nitrogens with one attached hydrogen (secondary N) is 1. The summed E-state index contributed by atoms with van der Waals surface area (Å²) < 4.78 is 25.3. The Bertz CT molecular complexity index is 1060. The summed E-state index contributed by atoms with van der Waals surface area (Å²) in [5.74, 6) is -1.90. The van der Waals surface area contributed by atoms with Crippen LogP contribution in [0.2, 0.25) is 0 Å². The predicted octanol–water partition coefficient (Wildman–Crippen LogP) is 1.25. The summed E-state index contributed by atoms with van der Waals surface area (Å²) in [5.41, 5.74) is 1.22. The van der Waals surface area contributed by atoms with Crippen molar-refractivity contribution in [3.8, 4) is 11.1 Å². The molecule has 0 fully saturated rings. The van der Waals surface area contributed by atoms with Gasteiger partial charge in [0.15, 0.2) is 0 Å². The molecule has 1 heterocycles. The molecule has 1 amide bonds. The number of ketones is 2. The maximum Gasteiger partial charge on any atom is 0.236 e. The number of carbonyl (C=O) groups is 3. The van der Waals surface area contributed by atoms with Gasteiger partial charge in [0.2, 0.25) is 27.5 Å². The van der Waals surface area contributed by atoms with Crippen LogP contribution < -0.4 is 5.32 Å². The van der Waals surface area contributed by atoms with E-state index in [4.69, 9.17) is 0 Å². The highest BCUT2D eigenvalue weighted by atomic mass is 32.2. The molecule has 0 saturated carbocycles. The van der Waals surface area contributed by atoms with Crippen molar-refractivity contribution in [1.82, 2.24) is 9.29 Å². The van der Waals surface area contributed by atoms with Crippen LogP contribution in [0.25, 0.3) is 17.2 Å². The fourth-order valence-electron chi connectivity index (χ4n) is 2.83. The number of hydrogen-bond donors (Lipinski definition) is 1. The van der Waals surface area contributed by atoms with E-state index >= 15 is 0 Å². The van der Waals surface area contributed by atoms with Gasteiger partial charge in [0, 0.05) is 30.8 Å². The number of carbonyl (C=O) groups excluding carboxylic acids is 3. The van der Waals surface area contributed by atoms with Crippen LogP contribution in [-0.2, 0) is 19.6 Å². The van der Waals surface area contributed by atoms with Gasteiger partial charge in [-0.1, -0.05) is 30.3 Å². The van der Waals surface area contributed by atoms with Crippen molar-refractivity contribution in [3.05, 3.63) is 53.4 Å². The predicted molar refractivity (Wildman–Crippen MR) is 96.1 cm³/mol. The molecule has 1 aromatic carbocycles. The third kappa shape index (κ3) is 3.11. The van der Waals surface area contributed by atoms with Crippen molar-refractivity contribution >= 4 is 33.6 Å². The van der Waals surface area contributed by atoms with Gasteiger partial charge in [0.1, 0.15) is 0 Å². The minimum Gasteiger partial charge on any atom is -0.352 e. The largest absolute Gasteiger partial charge is 0.352 e. The zero-order valence-corrected chi connectivity index (χ0v) is 15.0. The third-order valence-electron chi connectivity index (χ3n) is 4.02. The monoisotopic (exact) mass is 372 g/mol. The van der Waals surface area contributed by atoms with Gasteiger partial charge in [-0.2, -0.15) is 0 Å². The lowest BCUT2D eigenvalue weighted by molar-refractivity contribution is -0.118. The highest BCUT2D eigenvalue weighted by Gasteiger charge is 2.34. The van der Waals surface area contributed by atoms with E-state index in [9.17, 15) is 22.8 Å². The van der Waals surface area contributed by atoms with Gasteiger partial charge in [-0.05, 0) is 11.6 Å². The average Bonchev–Trinajstić information content (AvgIpc) is 2.97. The molecule has 0 radical (unpaired) electrons. The summed E-state index contributed by atoms with van der Waals surface area (Å²) in [4.78, 5) is 36.2. The number of benzene rings is 1. The Morgan fingerprint density at radius 3 is 2.35 bits per heavy atom. The molecule has 2 aromatic rings. The van der Waals surface area contributed by atoms with Gasteiger partial charge in [-0.3, -0.25) is 14.4 Å². The quantitative estimate of drug-likeness (QED) is 0.814. The first-order chi connectivity index (χ1) is 12.2. The number of Topliss-reactive ketones (excluding diaryl/α,β-unsaturated/α-hetero) is 2. The molecule has 3 rings (SSSR count). The standard InChI is InChI=1S/C18H16N2O5S/c1-11(21)19-9-13-8-15-16(18(23)17(13)22)14(10-20(15)26(2,24)25)12-6-4-3-5-7-12/h3-8,10H,9H2,1-2H3,(H,19,21). The summed E-state index contributed by atoms with van der Waals surface area (Å²) in [5, 5.41) is 2.45. The Labute approximate surface area is 150 Å². The highest BCUT2D eigenvalue weighted by Crippen LogP contribution is 2.34. The minimum absolute atomic E-state index is 0.0420. The molecule has 26 heavy (non-hydrogen) atoms. The van der Waals surface area contributed by atoms with Crippen LogP contribution in [0.4, 0.5) is 0 Å². The Kier molecular flexibility index (Phi) is 4.37. The summed E-state index contributed by atoms with van der Waals surface area (Å²) >= 11 is 0. The molecule has 1 aromatic heterocycles. The van der Waals surface area contributed by atoms with Crippen molar-refractivity contribution in [2.45, 2.75) is 6.92 Å². The van der Waals surface area contributed by atoms with E-state index < -0.39 is 21.6 Å². The lowest BCUT2D eigenvalue weighted by atomic mass is 9.90. The zero-order valence-electron chi connectivity index (χ0n) is 14.1. The molecule has 0 spiro atoms. The highest BCUT2D eigenvalue weighted by molar-refractivity contribution is 7.89. The maximum absolute atomic E-state index is 12.7. The smallest absolute Gasteiger partial charge is 0.236 e. The van der Waals surface area contributed by atoms with E-state index in [1.165, 1.54) is 19.2 Å². The van der Waals surface area contributed by atoms with E-state index in [0.29, 0.717) is 11.1 Å². The summed E-state index contributed by atoms with van der Waals surface area (Å²) in [6.45, 7) is 1.14. The van der Waals surface area contributed by atoms with Crippen molar-refractivity contribution in [3.63, 3.8) is 0 Å². The summed E-state index contributed by atoms with van der Waals surface area (Å²) in [7, 11) is -3.71. The molecule has 1 N–H and O–H groups in total. The van der Waals surface area contributed by atoms with Gasteiger partial charge in [-0.15, -0.1) is 0 Å². The van der Waals surface area contributed by atoms with E-state index in [0.717, 1.165) is 10.2 Å². The summed E-state index contributed by atoms with van der Waals surface area (Å²) in [6.07, 6.45) is 3.71. The van der Waals surface area contributed by atoms with Crippen molar-refractivity contribution < 1.29 is 22.8 Å². The zero-order chi connectivity index (χ0) is 19.1. The molecule has 0 bridgehead atoms. The number of aromatic nitrogens is 1. The second-order valence-corrected chi connectivity index (χ2v) is 7.82. The number of fused-ring (bicyclic) bond motifs is 1. The lowest BCUT2D eigenvalue weighted by Gasteiger charge is -2.15. The van der Waals surface area contributed by atoms with Crippen LogP contribution in [0.5, 0.6) is 0 Å². The molecule has 134 valence electrons. The minimum atomic E-state index is -3.71. The molecule has 0 saturated heterocycles. The number of rotatable bonds is 4. The molecule has 0 aliphatic heterocycles. The van der Waals surface area contributed by atoms with E-state index in [2.05, 4.69) is 5.32 Å². The molecule has 1 aliphatic carbocycles. The molecule has 7 nitrogen and oxygen atoms in total. The first-order valence-electron chi connectivity index (χ1n) is 7.75. The Hall–Kier alpha value is -3.00. The average molecular weight is 372 g/mol. The van der Waals surface area contributed by atoms with Crippen LogP contribution in [-0.4, -0.2) is 42.7 Å². The van der Waals surface area contributed by atoms with Gasteiger partial charge >= 0.3 is 0 Å². The van der Waals surface area contributed by atoms with Crippen molar-refractivity contribution in [1.29, 1.82) is 0 Å². The first kappa shape index (κ1) is 17.8.